The highest BCUT2D eigenvalue weighted by atomic mass is 19.1. The largest absolute Gasteiger partial charge is 0.394 e. The highest BCUT2D eigenvalue weighted by Crippen LogP contribution is 2.07. The molecule has 0 saturated heterocycles. The van der Waals surface area contributed by atoms with Gasteiger partial charge in [0.25, 0.3) is 0 Å². The van der Waals surface area contributed by atoms with E-state index in [0.717, 1.165) is 18.9 Å². The molecule has 0 aliphatic heterocycles. The summed E-state index contributed by atoms with van der Waals surface area (Å²) in [4.78, 5) is 0. The highest BCUT2D eigenvalue weighted by Gasteiger charge is 1.90. The Morgan fingerprint density at radius 3 is 2.57 bits per heavy atom. The van der Waals surface area contributed by atoms with Gasteiger partial charge < -0.3 is 5.32 Å². The quantitative estimate of drug-likeness (QED) is 0.511. The second-order valence-corrected chi connectivity index (χ2v) is 2.94. The van der Waals surface area contributed by atoms with E-state index < -0.39 is 11.7 Å². The summed E-state index contributed by atoms with van der Waals surface area (Å²) in [6.45, 7) is 1.23. The van der Waals surface area contributed by atoms with Crippen LogP contribution >= 0.6 is 0 Å². The minimum absolute atomic E-state index is 0.498. The molecule has 14 heavy (non-hydrogen) atoms. The van der Waals surface area contributed by atoms with E-state index in [2.05, 4.69) is 5.32 Å². The minimum atomic E-state index is -0.506. The minimum Gasteiger partial charge on any atom is -0.394 e. The second-order valence-electron chi connectivity index (χ2n) is 2.94. The third kappa shape index (κ3) is 8.97. The number of unbranched alkanes of at least 4 members (excludes halogenated alkanes) is 2. The fraction of sp³-hybridized carbons (Fsp3) is 0.455. The summed E-state index contributed by atoms with van der Waals surface area (Å²) >= 11 is 0. The second kappa shape index (κ2) is 8.48. The maximum atomic E-state index is 12.7. The predicted molar refractivity (Wildman–Crippen MR) is 56.1 cm³/mol. The van der Waals surface area contributed by atoms with E-state index in [1.807, 2.05) is 19.3 Å². The highest BCUT2D eigenvalue weighted by molar-refractivity contribution is 5.12. The Morgan fingerprint density at radius 1 is 1.29 bits per heavy atom. The lowest BCUT2D eigenvalue weighted by Crippen LogP contribution is -1.90. The molecule has 0 heterocycles. The van der Waals surface area contributed by atoms with Crippen molar-refractivity contribution in [3.8, 4) is 0 Å². The third-order valence-corrected chi connectivity index (χ3v) is 1.54. The van der Waals surface area contributed by atoms with Crippen LogP contribution in [0.5, 0.6) is 0 Å². The fourth-order valence-corrected chi connectivity index (χ4v) is 0.926. The molecule has 3 heteroatoms. The normalized spacial score (nSPS) is 13.7. The first-order valence-electron chi connectivity index (χ1n) is 4.68. The van der Waals surface area contributed by atoms with Gasteiger partial charge in [-0.3, -0.25) is 0 Å². The van der Waals surface area contributed by atoms with Crippen LogP contribution in [-0.4, -0.2) is 7.05 Å². The summed E-state index contributed by atoms with van der Waals surface area (Å²) < 4.78 is 24.9. The standard InChI is InChI=1S/C11H17F2N/c1-10(12)9-11(13)7-5-3-4-6-8-14-2/h6-9,14H,3-5H2,1-2H3/b8-6-,10-9+,11-7+. The van der Waals surface area contributed by atoms with Gasteiger partial charge >= 0.3 is 0 Å². The number of allylic oxidation sites excluding steroid dienone is 5. The monoisotopic (exact) mass is 201 g/mol. The summed E-state index contributed by atoms with van der Waals surface area (Å²) in [5.74, 6) is -1.00. The lowest BCUT2D eigenvalue weighted by Gasteiger charge is -1.91. The summed E-state index contributed by atoms with van der Waals surface area (Å²) in [7, 11) is 1.82. The van der Waals surface area contributed by atoms with Crippen LogP contribution in [0.15, 0.2) is 36.1 Å². The molecule has 0 aromatic carbocycles. The summed E-state index contributed by atoms with van der Waals surface area (Å²) in [5.41, 5.74) is 0. The number of rotatable bonds is 6. The molecule has 0 rings (SSSR count). The van der Waals surface area contributed by atoms with Gasteiger partial charge in [-0.05, 0) is 38.5 Å². The average Bonchev–Trinajstić information content (AvgIpc) is 2.10. The zero-order chi connectivity index (χ0) is 10.8. The molecule has 0 fully saturated rings. The molecule has 0 amide bonds. The molecule has 80 valence electrons. The lowest BCUT2D eigenvalue weighted by molar-refractivity contribution is 0.611. The molecule has 0 atom stereocenters. The van der Waals surface area contributed by atoms with E-state index in [9.17, 15) is 8.78 Å². The van der Waals surface area contributed by atoms with Crippen LogP contribution in [0, 0.1) is 0 Å². The Kier molecular flexibility index (Phi) is 7.80. The van der Waals surface area contributed by atoms with E-state index >= 15 is 0 Å². The van der Waals surface area contributed by atoms with Crippen molar-refractivity contribution in [3.05, 3.63) is 36.1 Å². The van der Waals surface area contributed by atoms with Gasteiger partial charge in [-0.2, -0.15) is 0 Å². The van der Waals surface area contributed by atoms with E-state index in [0.29, 0.717) is 6.42 Å². The first kappa shape index (κ1) is 12.9. The van der Waals surface area contributed by atoms with Crippen LogP contribution in [0.3, 0.4) is 0 Å². The topological polar surface area (TPSA) is 12.0 Å². The van der Waals surface area contributed by atoms with Gasteiger partial charge in [0.1, 0.15) is 5.83 Å². The molecule has 0 aromatic heterocycles. The van der Waals surface area contributed by atoms with E-state index in [4.69, 9.17) is 0 Å². The molecule has 1 nitrogen and oxygen atoms in total. The van der Waals surface area contributed by atoms with Crippen molar-refractivity contribution in [1.82, 2.24) is 5.32 Å². The Morgan fingerprint density at radius 2 is 2.00 bits per heavy atom. The van der Waals surface area contributed by atoms with Crippen LogP contribution in [0.1, 0.15) is 26.2 Å². The van der Waals surface area contributed by atoms with Crippen molar-refractivity contribution in [2.75, 3.05) is 7.05 Å². The first-order valence-corrected chi connectivity index (χ1v) is 4.68. The Labute approximate surface area is 84.2 Å². The average molecular weight is 201 g/mol. The van der Waals surface area contributed by atoms with Crippen LogP contribution in [0.4, 0.5) is 8.78 Å². The maximum Gasteiger partial charge on any atom is 0.121 e. The van der Waals surface area contributed by atoms with Crippen molar-refractivity contribution in [2.45, 2.75) is 26.2 Å². The molecule has 0 unspecified atom stereocenters. The Bertz CT molecular complexity index is 225. The van der Waals surface area contributed by atoms with Gasteiger partial charge in [-0.15, -0.1) is 0 Å². The SMILES string of the molecule is CN/C=C\CCC/C=C(F)\C=C(/C)F. The summed E-state index contributed by atoms with van der Waals surface area (Å²) in [5, 5.41) is 2.86. The Hall–Kier alpha value is -1.12. The molecule has 0 aromatic rings. The maximum absolute atomic E-state index is 12.7. The van der Waals surface area contributed by atoms with Gasteiger partial charge in [-0.25, -0.2) is 8.78 Å². The fourth-order valence-electron chi connectivity index (χ4n) is 0.926. The molecular formula is C11H17F2N. The van der Waals surface area contributed by atoms with Crippen LogP contribution in [0.25, 0.3) is 0 Å². The molecule has 0 spiro atoms. The van der Waals surface area contributed by atoms with Crippen molar-refractivity contribution in [3.63, 3.8) is 0 Å². The first-order chi connectivity index (χ1) is 6.66. The zero-order valence-electron chi connectivity index (χ0n) is 8.69. The molecule has 0 aliphatic carbocycles. The van der Waals surface area contributed by atoms with Crippen LogP contribution < -0.4 is 5.32 Å². The molecule has 1 N–H and O–H groups in total. The van der Waals surface area contributed by atoms with Crippen molar-refractivity contribution >= 4 is 0 Å². The number of hydrogen-bond donors (Lipinski definition) is 1. The number of hydrogen-bond acceptors (Lipinski definition) is 1. The number of nitrogens with one attached hydrogen (secondary N) is 1. The summed E-state index contributed by atoms with van der Waals surface area (Å²) in [6, 6.07) is 0. The molecule has 0 radical (unpaired) electrons. The predicted octanol–water partition coefficient (Wildman–Crippen LogP) is 3.62. The van der Waals surface area contributed by atoms with Crippen LogP contribution in [0.2, 0.25) is 0 Å². The number of halogens is 2. The zero-order valence-corrected chi connectivity index (χ0v) is 8.69. The molecule has 0 bridgehead atoms. The van der Waals surface area contributed by atoms with Crippen molar-refractivity contribution in [1.29, 1.82) is 0 Å². The van der Waals surface area contributed by atoms with E-state index in [1.165, 1.54) is 13.0 Å². The van der Waals surface area contributed by atoms with Gasteiger partial charge in [0, 0.05) is 13.1 Å². The molecule has 0 saturated carbocycles. The van der Waals surface area contributed by atoms with E-state index in [-0.39, 0.29) is 0 Å². The molecular weight excluding hydrogens is 184 g/mol. The lowest BCUT2D eigenvalue weighted by atomic mass is 10.2. The van der Waals surface area contributed by atoms with E-state index in [1.54, 1.807) is 0 Å². The van der Waals surface area contributed by atoms with Crippen molar-refractivity contribution < 1.29 is 8.78 Å². The summed E-state index contributed by atoms with van der Waals surface area (Å²) in [6.07, 6.45) is 8.49. The van der Waals surface area contributed by atoms with Gasteiger partial charge in [0.05, 0.1) is 5.83 Å². The van der Waals surface area contributed by atoms with Gasteiger partial charge in [-0.1, -0.05) is 6.08 Å². The Balaban J connectivity index is 3.61. The smallest absolute Gasteiger partial charge is 0.121 e. The van der Waals surface area contributed by atoms with Gasteiger partial charge in [0.2, 0.25) is 0 Å². The van der Waals surface area contributed by atoms with Gasteiger partial charge in [0.15, 0.2) is 0 Å². The van der Waals surface area contributed by atoms with Crippen LogP contribution in [-0.2, 0) is 0 Å². The van der Waals surface area contributed by atoms with Crippen molar-refractivity contribution in [2.24, 2.45) is 0 Å². The molecule has 0 aliphatic rings. The third-order valence-electron chi connectivity index (χ3n) is 1.54.